The highest BCUT2D eigenvalue weighted by Gasteiger charge is 2.34. The fourth-order valence-corrected chi connectivity index (χ4v) is 2.39. The number of ether oxygens (including phenoxy) is 1. The normalized spacial score (nSPS) is 18.4. The highest BCUT2D eigenvalue weighted by atomic mass is 35.5. The van der Waals surface area contributed by atoms with E-state index in [9.17, 15) is 27.6 Å². The van der Waals surface area contributed by atoms with Crippen LogP contribution in [0.5, 0.6) is 0 Å². The molecule has 0 aromatic heterocycles. The lowest BCUT2D eigenvalue weighted by Crippen LogP contribution is -2.39. The van der Waals surface area contributed by atoms with Gasteiger partial charge in [-0.15, -0.1) is 0 Å². The van der Waals surface area contributed by atoms with Crippen LogP contribution in [0.15, 0.2) is 18.2 Å². The molecule has 1 heterocycles. The number of esters is 1. The molecule has 0 radical (unpaired) electrons. The minimum Gasteiger partial charge on any atom is -0.451 e. The first-order valence-corrected chi connectivity index (χ1v) is 7.63. The topological polar surface area (TPSA) is 84.5 Å². The molecule has 0 spiro atoms. The van der Waals surface area contributed by atoms with E-state index >= 15 is 0 Å². The summed E-state index contributed by atoms with van der Waals surface area (Å²) in [6.45, 7) is 1.27. The van der Waals surface area contributed by atoms with Crippen molar-refractivity contribution in [2.45, 2.75) is 38.1 Å². The van der Waals surface area contributed by atoms with Gasteiger partial charge in [-0.05, 0) is 31.5 Å². The van der Waals surface area contributed by atoms with Crippen LogP contribution >= 0.6 is 11.6 Å². The largest absolute Gasteiger partial charge is 0.451 e. The number of alkyl halides is 3. The highest BCUT2D eigenvalue weighted by molar-refractivity contribution is 6.31. The molecule has 0 bridgehead atoms. The Bertz CT molecular complexity index is 709. The second-order valence-corrected chi connectivity index (χ2v) is 5.83. The summed E-state index contributed by atoms with van der Waals surface area (Å²) in [5.74, 6) is -1.88. The maximum absolute atomic E-state index is 12.8. The van der Waals surface area contributed by atoms with E-state index in [1.165, 1.54) is 13.0 Å². The van der Waals surface area contributed by atoms with Gasteiger partial charge in [-0.3, -0.25) is 9.59 Å². The predicted molar refractivity (Wildman–Crippen MR) is 81.8 cm³/mol. The SMILES string of the molecule is C[C@@H](OC(=O)[C@H]1CCC(=O)N1)C(=O)Nc1ccc(Cl)c(C(F)(F)F)c1. The molecule has 136 valence electrons. The summed E-state index contributed by atoms with van der Waals surface area (Å²) in [6.07, 6.45) is -5.48. The third-order valence-electron chi connectivity index (χ3n) is 3.48. The second-order valence-electron chi connectivity index (χ2n) is 5.42. The average molecular weight is 379 g/mol. The molecule has 1 aliphatic rings. The molecule has 0 aliphatic carbocycles. The first-order chi connectivity index (χ1) is 11.6. The van der Waals surface area contributed by atoms with E-state index in [4.69, 9.17) is 16.3 Å². The second kappa shape index (κ2) is 7.30. The first kappa shape index (κ1) is 19.0. The van der Waals surface area contributed by atoms with Crippen LogP contribution in [0.25, 0.3) is 0 Å². The minimum atomic E-state index is -4.67. The summed E-state index contributed by atoms with van der Waals surface area (Å²) < 4.78 is 43.3. The van der Waals surface area contributed by atoms with Gasteiger partial charge in [0.05, 0.1) is 10.6 Å². The van der Waals surface area contributed by atoms with E-state index in [0.29, 0.717) is 6.07 Å². The van der Waals surface area contributed by atoms with Crippen LogP contribution in [0.3, 0.4) is 0 Å². The number of benzene rings is 1. The van der Waals surface area contributed by atoms with E-state index in [2.05, 4.69) is 10.6 Å². The van der Waals surface area contributed by atoms with Gasteiger partial charge in [0.25, 0.3) is 5.91 Å². The van der Waals surface area contributed by atoms with Gasteiger partial charge in [-0.2, -0.15) is 13.2 Å². The number of hydrogen-bond acceptors (Lipinski definition) is 4. The summed E-state index contributed by atoms with van der Waals surface area (Å²) in [5.41, 5.74) is -1.23. The first-order valence-electron chi connectivity index (χ1n) is 7.25. The number of carbonyl (C=O) groups excluding carboxylic acids is 3. The minimum absolute atomic E-state index is 0.140. The fraction of sp³-hybridized carbons (Fsp3) is 0.400. The molecule has 0 unspecified atom stereocenters. The molecule has 1 fully saturated rings. The van der Waals surface area contributed by atoms with Gasteiger partial charge < -0.3 is 15.4 Å². The van der Waals surface area contributed by atoms with Crippen molar-refractivity contribution in [1.82, 2.24) is 5.32 Å². The summed E-state index contributed by atoms with van der Waals surface area (Å²) in [4.78, 5) is 34.8. The van der Waals surface area contributed by atoms with Gasteiger partial charge in [0, 0.05) is 12.1 Å². The summed E-state index contributed by atoms with van der Waals surface area (Å²) in [7, 11) is 0. The number of halogens is 4. The van der Waals surface area contributed by atoms with Gasteiger partial charge in [0.2, 0.25) is 5.91 Å². The maximum Gasteiger partial charge on any atom is 0.417 e. The highest BCUT2D eigenvalue weighted by Crippen LogP contribution is 2.36. The molecule has 1 aliphatic heterocycles. The van der Waals surface area contributed by atoms with Crippen LogP contribution in [0.1, 0.15) is 25.3 Å². The Morgan fingerprint density at radius 3 is 2.64 bits per heavy atom. The molecular weight excluding hydrogens is 365 g/mol. The van der Waals surface area contributed by atoms with Gasteiger partial charge in [-0.25, -0.2) is 4.79 Å². The van der Waals surface area contributed by atoms with Crippen LogP contribution in [-0.2, 0) is 25.3 Å². The molecular formula is C15H14ClF3N2O4. The van der Waals surface area contributed by atoms with E-state index in [1.807, 2.05) is 0 Å². The standard InChI is InChI=1S/C15H14ClF3N2O4/c1-7(25-14(24)11-4-5-12(22)21-11)13(23)20-8-2-3-10(16)9(6-8)15(17,18)19/h2-3,6-7,11H,4-5H2,1H3,(H,20,23)(H,21,22)/t7-,11-/m1/s1. The van der Waals surface area contributed by atoms with Crippen molar-refractivity contribution in [1.29, 1.82) is 0 Å². The van der Waals surface area contributed by atoms with Gasteiger partial charge in [-0.1, -0.05) is 11.6 Å². The van der Waals surface area contributed by atoms with Crippen LogP contribution in [-0.4, -0.2) is 29.9 Å². The Labute approximate surface area is 145 Å². The zero-order valence-corrected chi connectivity index (χ0v) is 13.7. The van der Waals surface area contributed by atoms with Crippen LogP contribution in [0, 0.1) is 0 Å². The van der Waals surface area contributed by atoms with Crippen molar-refractivity contribution < 1.29 is 32.3 Å². The van der Waals surface area contributed by atoms with Crippen molar-refractivity contribution in [2.75, 3.05) is 5.32 Å². The van der Waals surface area contributed by atoms with Crippen molar-refractivity contribution in [2.24, 2.45) is 0 Å². The lowest BCUT2D eigenvalue weighted by molar-refractivity contribution is -0.155. The monoisotopic (exact) mass is 378 g/mol. The van der Waals surface area contributed by atoms with Crippen LogP contribution in [0.4, 0.5) is 18.9 Å². The van der Waals surface area contributed by atoms with Crippen molar-refractivity contribution in [3.63, 3.8) is 0 Å². The fourth-order valence-electron chi connectivity index (χ4n) is 2.16. The van der Waals surface area contributed by atoms with Gasteiger partial charge in [0.1, 0.15) is 6.04 Å². The van der Waals surface area contributed by atoms with Crippen molar-refractivity contribution in [3.05, 3.63) is 28.8 Å². The number of hydrogen-bond donors (Lipinski definition) is 2. The molecule has 6 nitrogen and oxygen atoms in total. The lowest BCUT2D eigenvalue weighted by atomic mass is 10.2. The number of anilines is 1. The maximum atomic E-state index is 12.8. The molecule has 2 N–H and O–H groups in total. The summed E-state index contributed by atoms with van der Waals surface area (Å²) >= 11 is 5.50. The van der Waals surface area contributed by atoms with E-state index < -0.39 is 40.8 Å². The Hall–Kier alpha value is -2.29. The summed E-state index contributed by atoms with van der Waals surface area (Å²) in [6, 6.07) is 2.06. The predicted octanol–water partition coefficient (Wildman–Crippen LogP) is 2.51. The smallest absolute Gasteiger partial charge is 0.417 e. The zero-order chi connectivity index (χ0) is 18.8. The third-order valence-corrected chi connectivity index (χ3v) is 3.81. The van der Waals surface area contributed by atoms with Crippen LogP contribution < -0.4 is 10.6 Å². The molecule has 2 amide bonds. The number of rotatable bonds is 4. The summed E-state index contributed by atoms with van der Waals surface area (Å²) in [5, 5.41) is 4.12. The Morgan fingerprint density at radius 1 is 1.40 bits per heavy atom. The number of carbonyl (C=O) groups is 3. The van der Waals surface area contributed by atoms with Crippen molar-refractivity contribution in [3.8, 4) is 0 Å². The van der Waals surface area contributed by atoms with Gasteiger partial charge >= 0.3 is 12.1 Å². The molecule has 2 rings (SSSR count). The molecule has 1 saturated heterocycles. The van der Waals surface area contributed by atoms with E-state index in [-0.39, 0.29) is 24.4 Å². The van der Waals surface area contributed by atoms with E-state index in [0.717, 1.165) is 6.07 Å². The number of nitrogens with one attached hydrogen (secondary N) is 2. The lowest BCUT2D eigenvalue weighted by Gasteiger charge is -2.17. The Morgan fingerprint density at radius 2 is 2.08 bits per heavy atom. The quantitative estimate of drug-likeness (QED) is 0.788. The van der Waals surface area contributed by atoms with Crippen LogP contribution in [0.2, 0.25) is 5.02 Å². The molecule has 2 atom stereocenters. The van der Waals surface area contributed by atoms with E-state index in [1.54, 1.807) is 0 Å². The molecule has 1 aromatic rings. The zero-order valence-electron chi connectivity index (χ0n) is 12.9. The molecule has 25 heavy (non-hydrogen) atoms. The average Bonchev–Trinajstić information content (AvgIpc) is 2.94. The Balaban J connectivity index is 1.99. The van der Waals surface area contributed by atoms with Gasteiger partial charge in [0.15, 0.2) is 6.10 Å². The third kappa shape index (κ3) is 4.85. The molecule has 10 heteroatoms. The molecule has 1 aromatic carbocycles. The Kier molecular flexibility index (Phi) is 5.56. The van der Waals surface area contributed by atoms with Crippen molar-refractivity contribution >= 4 is 35.1 Å². The number of amides is 2. The molecule has 0 saturated carbocycles.